The third-order valence-electron chi connectivity index (χ3n) is 4.81. The van der Waals surface area contributed by atoms with Crippen molar-refractivity contribution in [1.82, 2.24) is 4.98 Å². The summed E-state index contributed by atoms with van der Waals surface area (Å²) in [5.74, 6) is 0. The number of nitrogens with zero attached hydrogens (tertiary/aromatic N) is 1. The lowest BCUT2D eigenvalue weighted by atomic mass is 9.69. The maximum atomic E-state index is 11.0. The lowest BCUT2D eigenvalue weighted by molar-refractivity contribution is 0.0990. The Balaban J connectivity index is 2.17. The van der Waals surface area contributed by atoms with Crippen LogP contribution in [0.4, 0.5) is 5.69 Å². The average Bonchev–Trinajstić information content (AvgIpc) is 2.53. The second-order valence-corrected chi connectivity index (χ2v) is 6.47. The van der Waals surface area contributed by atoms with E-state index in [0.717, 1.165) is 33.3 Å². The summed E-state index contributed by atoms with van der Waals surface area (Å²) < 4.78 is 0. The van der Waals surface area contributed by atoms with Gasteiger partial charge in [-0.1, -0.05) is 56.3 Å². The van der Waals surface area contributed by atoms with Gasteiger partial charge in [-0.25, -0.2) is 4.98 Å². The molecule has 0 fully saturated rings. The molecule has 1 aromatic heterocycles. The maximum Gasteiger partial charge on any atom is 0.0922 e. The number of hydrogen-bond acceptors (Lipinski definition) is 3. The van der Waals surface area contributed by atoms with E-state index in [-0.39, 0.29) is 0 Å². The van der Waals surface area contributed by atoms with Crippen LogP contribution in [0.25, 0.3) is 22.2 Å². The highest BCUT2D eigenvalue weighted by atomic mass is 16.3. The van der Waals surface area contributed by atoms with Crippen LogP contribution in [0.5, 0.6) is 0 Å². The van der Waals surface area contributed by atoms with Crippen molar-refractivity contribution in [2.75, 3.05) is 5.73 Å². The summed E-state index contributed by atoms with van der Waals surface area (Å²) in [5, 5.41) is 11.9. The molecule has 1 aliphatic rings. The third-order valence-corrected chi connectivity index (χ3v) is 4.81. The molecule has 3 aromatic rings. The smallest absolute Gasteiger partial charge is 0.0922 e. The first-order valence-electron chi connectivity index (χ1n) is 7.48. The number of aliphatic hydroxyl groups excluding tert-OH is 1. The quantitative estimate of drug-likeness (QED) is 0.662. The van der Waals surface area contributed by atoms with E-state index < -0.39 is 11.5 Å². The van der Waals surface area contributed by atoms with Gasteiger partial charge in [0.05, 0.1) is 17.3 Å². The van der Waals surface area contributed by atoms with Gasteiger partial charge in [-0.05, 0) is 11.6 Å². The van der Waals surface area contributed by atoms with Gasteiger partial charge in [0.2, 0.25) is 0 Å². The van der Waals surface area contributed by atoms with Crippen molar-refractivity contribution in [1.29, 1.82) is 0 Å². The first-order valence-corrected chi connectivity index (χ1v) is 7.48. The van der Waals surface area contributed by atoms with Gasteiger partial charge >= 0.3 is 0 Å². The van der Waals surface area contributed by atoms with Gasteiger partial charge < -0.3 is 10.8 Å². The first kappa shape index (κ1) is 13.3. The van der Waals surface area contributed by atoms with E-state index in [9.17, 15) is 5.11 Å². The minimum Gasteiger partial charge on any atom is -0.398 e. The Morgan fingerprint density at radius 1 is 1.05 bits per heavy atom. The SMILES string of the molecule is CC1(C)c2ccccc2-c2nc3ccccc3c(N)c2[C@@H]1O. The van der Waals surface area contributed by atoms with Crippen LogP contribution >= 0.6 is 0 Å². The minimum absolute atomic E-state index is 0.401. The summed E-state index contributed by atoms with van der Waals surface area (Å²) in [5.41, 5.74) is 11.2. The zero-order valence-corrected chi connectivity index (χ0v) is 12.7. The maximum absolute atomic E-state index is 11.0. The zero-order valence-electron chi connectivity index (χ0n) is 12.7. The lowest BCUT2D eigenvalue weighted by Crippen LogP contribution is -2.32. The molecule has 0 unspecified atom stereocenters. The molecule has 3 nitrogen and oxygen atoms in total. The number of hydrogen-bond donors (Lipinski definition) is 2. The Kier molecular flexibility index (Phi) is 2.60. The first-order chi connectivity index (χ1) is 10.5. The molecule has 0 spiro atoms. The van der Waals surface area contributed by atoms with Crippen molar-refractivity contribution in [3.63, 3.8) is 0 Å². The monoisotopic (exact) mass is 290 g/mol. The number of fused-ring (bicyclic) bond motifs is 4. The fourth-order valence-corrected chi connectivity index (χ4v) is 3.49. The molecule has 0 amide bonds. The molecule has 0 bridgehead atoms. The summed E-state index contributed by atoms with van der Waals surface area (Å²) >= 11 is 0. The van der Waals surface area contributed by atoms with E-state index >= 15 is 0 Å². The lowest BCUT2D eigenvalue weighted by Gasteiger charge is -2.39. The Morgan fingerprint density at radius 3 is 2.55 bits per heavy atom. The molecule has 3 heteroatoms. The highest BCUT2D eigenvalue weighted by molar-refractivity contribution is 5.96. The van der Waals surface area contributed by atoms with Crippen molar-refractivity contribution < 1.29 is 5.11 Å². The predicted molar refractivity (Wildman–Crippen MR) is 89.6 cm³/mol. The summed E-state index contributed by atoms with van der Waals surface area (Å²) in [6.07, 6.45) is -0.672. The van der Waals surface area contributed by atoms with Crippen LogP contribution in [-0.4, -0.2) is 10.1 Å². The van der Waals surface area contributed by atoms with Gasteiger partial charge in [0.1, 0.15) is 0 Å². The fourth-order valence-electron chi connectivity index (χ4n) is 3.49. The predicted octanol–water partition coefficient (Wildman–Crippen LogP) is 3.81. The van der Waals surface area contributed by atoms with Gasteiger partial charge in [0.25, 0.3) is 0 Å². The largest absolute Gasteiger partial charge is 0.398 e. The summed E-state index contributed by atoms with van der Waals surface area (Å²) in [7, 11) is 0. The average molecular weight is 290 g/mol. The van der Waals surface area contributed by atoms with Gasteiger partial charge in [-0.3, -0.25) is 0 Å². The Labute approximate surface area is 129 Å². The molecule has 2 aromatic carbocycles. The van der Waals surface area contributed by atoms with Crippen molar-refractivity contribution in [2.45, 2.75) is 25.4 Å². The molecule has 3 N–H and O–H groups in total. The van der Waals surface area contributed by atoms with E-state index in [2.05, 4.69) is 12.1 Å². The van der Waals surface area contributed by atoms with Crippen LogP contribution in [0.2, 0.25) is 0 Å². The molecule has 4 rings (SSSR count). The molecule has 0 saturated carbocycles. The highest BCUT2D eigenvalue weighted by Gasteiger charge is 2.41. The van der Waals surface area contributed by atoms with Crippen LogP contribution in [-0.2, 0) is 5.41 Å². The number of rotatable bonds is 0. The summed E-state index contributed by atoms with van der Waals surface area (Å²) in [4.78, 5) is 4.79. The van der Waals surface area contributed by atoms with Gasteiger partial charge in [-0.2, -0.15) is 0 Å². The minimum atomic E-state index is -0.672. The van der Waals surface area contributed by atoms with E-state index in [1.165, 1.54) is 0 Å². The van der Waals surface area contributed by atoms with Gasteiger partial charge in [-0.15, -0.1) is 0 Å². The van der Waals surface area contributed by atoms with Crippen LogP contribution < -0.4 is 5.73 Å². The van der Waals surface area contributed by atoms with E-state index in [0.29, 0.717) is 5.69 Å². The van der Waals surface area contributed by atoms with E-state index in [1.807, 2.05) is 50.2 Å². The normalized spacial score (nSPS) is 18.8. The Morgan fingerprint density at radius 2 is 1.73 bits per heavy atom. The topological polar surface area (TPSA) is 59.1 Å². The molecule has 0 radical (unpaired) electrons. The molecule has 110 valence electrons. The summed E-state index contributed by atoms with van der Waals surface area (Å²) in [6.45, 7) is 4.10. The number of aliphatic hydroxyl groups is 1. The molecular formula is C19H18N2O. The highest BCUT2D eigenvalue weighted by Crippen LogP contribution is 2.51. The number of para-hydroxylation sites is 1. The Hall–Kier alpha value is -2.39. The van der Waals surface area contributed by atoms with Crippen molar-refractivity contribution in [3.8, 4) is 11.3 Å². The fraction of sp³-hybridized carbons (Fsp3) is 0.211. The van der Waals surface area contributed by atoms with Crippen molar-refractivity contribution in [2.24, 2.45) is 0 Å². The van der Waals surface area contributed by atoms with Crippen molar-refractivity contribution in [3.05, 3.63) is 59.7 Å². The molecule has 1 atom stereocenters. The second-order valence-electron chi connectivity index (χ2n) is 6.47. The van der Waals surface area contributed by atoms with E-state index in [4.69, 9.17) is 10.7 Å². The number of benzene rings is 2. The number of anilines is 1. The number of nitrogen functional groups attached to an aromatic ring is 1. The van der Waals surface area contributed by atoms with Gasteiger partial charge in [0.15, 0.2) is 0 Å². The second kappa shape index (κ2) is 4.31. The third kappa shape index (κ3) is 1.57. The number of pyridine rings is 1. The number of nitrogens with two attached hydrogens (primary N) is 1. The van der Waals surface area contributed by atoms with Crippen LogP contribution in [0.3, 0.4) is 0 Å². The molecule has 0 aliphatic heterocycles. The van der Waals surface area contributed by atoms with Gasteiger partial charge in [0, 0.05) is 27.6 Å². The summed E-state index contributed by atoms with van der Waals surface area (Å²) in [6, 6.07) is 15.9. The van der Waals surface area contributed by atoms with Crippen molar-refractivity contribution >= 4 is 16.6 Å². The van der Waals surface area contributed by atoms with Crippen LogP contribution in [0.15, 0.2) is 48.5 Å². The molecular weight excluding hydrogens is 272 g/mol. The Bertz CT molecular complexity index is 899. The molecule has 1 heterocycles. The zero-order chi connectivity index (χ0) is 15.5. The standard InChI is InChI=1S/C19H18N2O/c1-19(2)13-9-5-3-7-11(13)17-15(18(19)22)16(20)12-8-4-6-10-14(12)21-17/h3-10,18,22H,1-2H3,(H2,20,21)/t18-/m0/s1. The number of aromatic nitrogens is 1. The molecule has 0 saturated heterocycles. The molecule has 1 aliphatic carbocycles. The molecule has 22 heavy (non-hydrogen) atoms. The van der Waals surface area contributed by atoms with Crippen LogP contribution in [0, 0.1) is 0 Å². The van der Waals surface area contributed by atoms with Crippen LogP contribution in [0.1, 0.15) is 31.1 Å². The van der Waals surface area contributed by atoms with E-state index in [1.54, 1.807) is 0 Å².